The van der Waals surface area contributed by atoms with Gasteiger partial charge in [-0.25, -0.2) is 9.18 Å². The second kappa shape index (κ2) is 10.1. The van der Waals surface area contributed by atoms with Gasteiger partial charge in [-0.1, -0.05) is 11.6 Å². The van der Waals surface area contributed by atoms with Gasteiger partial charge in [0.25, 0.3) is 5.91 Å². The molecule has 0 saturated carbocycles. The van der Waals surface area contributed by atoms with Crippen LogP contribution in [0.4, 0.5) is 10.1 Å². The second-order valence-corrected chi connectivity index (χ2v) is 6.24. The first-order valence-electron chi connectivity index (χ1n) is 8.57. The van der Waals surface area contributed by atoms with Crippen molar-refractivity contribution in [1.82, 2.24) is 0 Å². The first-order valence-corrected chi connectivity index (χ1v) is 8.95. The number of benzene rings is 2. The summed E-state index contributed by atoms with van der Waals surface area (Å²) in [5, 5.41) is 2.39. The summed E-state index contributed by atoms with van der Waals surface area (Å²) in [6, 6.07) is 8.54. The highest BCUT2D eigenvalue weighted by Crippen LogP contribution is 2.22. The smallest absolute Gasteiger partial charge is 0.338 e. The van der Waals surface area contributed by atoms with Crippen molar-refractivity contribution in [2.24, 2.45) is 0 Å². The number of esters is 1. The Morgan fingerprint density at radius 1 is 1.21 bits per heavy atom. The number of carbonyl (C=O) groups is 2. The number of anilines is 1. The van der Waals surface area contributed by atoms with Gasteiger partial charge in [-0.15, -0.1) is 0 Å². The second-order valence-electron chi connectivity index (χ2n) is 5.83. The molecule has 2 aromatic rings. The van der Waals surface area contributed by atoms with Gasteiger partial charge in [-0.2, -0.15) is 0 Å². The van der Waals surface area contributed by atoms with E-state index in [1.807, 2.05) is 6.92 Å². The summed E-state index contributed by atoms with van der Waals surface area (Å²) >= 11 is 5.68. The van der Waals surface area contributed by atoms with E-state index in [1.54, 1.807) is 18.2 Å². The number of halogens is 2. The maximum atomic E-state index is 13.2. The standard InChI is InChI=1S/C20H21ClFNO5/c1-4-27-11-14-9-13(5-8-18(14)26-3)20(25)28-12(2)19(24)23-15-6-7-17(22)16(21)10-15/h5-10,12H,4,11H2,1-3H3,(H,23,24)/t12-/m0/s1. The summed E-state index contributed by atoms with van der Waals surface area (Å²) < 4.78 is 29.0. The lowest BCUT2D eigenvalue weighted by Crippen LogP contribution is -2.30. The first-order chi connectivity index (χ1) is 13.3. The molecule has 1 amide bonds. The van der Waals surface area contributed by atoms with Crippen LogP contribution in [-0.4, -0.2) is 31.7 Å². The number of methoxy groups -OCH3 is 1. The Labute approximate surface area is 167 Å². The molecule has 0 aliphatic heterocycles. The summed E-state index contributed by atoms with van der Waals surface area (Å²) in [5.74, 6) is -1.25. The van der Waals surface area contributed by atoms with Crippen LogP contribution in [-0.2, 0) is 20.9 Å². The SMILES string of the molecule is CCOCc1cc(C(=O)O[C@@H](C)C(=O)Nc2ccc(F)c(Cl)c2)ccc1OC. The van der Waals surface area contributed by atoms with Crippen molar-refractivity contribution in [1.29, 1.82) is 0 Å². The highest BCUT2D eigenvalue weighted by Gasteiger charge is 2.20. The lowest BCUT2D eigenvalue weighted by atomic mass is 10.1. The molecule has 2 aromatic carbocycles. The number of nitrogens with one attached hydrogen (secondary N) is 1. The van der Waals surface area contributed by atoms with E-state index in [0.29, 0.717) is 23.6 Å². The molecule has 0 unspecified atom stereocenters. The van der Waals surface area contributed by atoms with Crippen LogP contribution < -0.4 is 10.1 Å². The van der Waals surface area contributed by atoms with Gasteiger partial charge in [-0.3, -0.25) is 4.79 Å². The van der Waals surface area contributed by atoms with Crippen LogP contribution >= 0.6 is 11.6 Å². The minimum absolute atomic E-state index is 0.123. The minimum Gasteiger partial charge on any atom is -0.496 e. The molecule has 8 heteroatoms. The third-order valence-corrected chi connectivity index (χ3v) is 4.11. The molecule has 0 aliphatic rings. The van der Waals surface area contributed by atoms with Crippen LogP contribution in [0.3, 0.4) is 0 Å². The van der Waals surface area contributed by atoms with Crippen molar-refractivity contribution in [3.63, 3.8) is 0 Å². The van der Waals surface area contributed by atoms with Crippen LogP contribution in [0.1, 0.15) is 29.8 Å². The highest BCUT2D eigenvalue weighted by molar-refractivity contribution is 6.31. The average Bonchev–Trinajstić information content (AvgIpc) is 2.68. The molecule has 0 spiro atoms. The summed E-state index contributed by atoms with van der Waals surface area (Å²) in [7, 11) is 1.52. The predicted molar refractivity (Wildman–Crippen MR) is 103 cm³/mol. The predicted octanol–water partition coefficient (Wildman–Crippen LogP) is 4.21. The van der Waals surface area contributed by atoms with E-state index in [4.69, 9.17) is 25.8 Å². The minimum atomic E-state index is -1.08. The molecule has 0 radical (unpaired) electrons. The van der Waals surface area contributed by atoms with Gasteiger partial charge >= 0.3 is 5.97 Å². The Hall–Kier alpha value is -2.64. The molecule has 2 rings (SSSR count). The monoisotopic (exact) mass is 409 g/mol. The fraction of sp³-hybridized carbons (Fsp3) is 0.300. The molecule has 0 heterocycles. The molecule has 150 valence electrons. The fourth-order valence-corrected chi connectivity index (χ4v) is 2.51. The van der Waals surface area contributed by atoms with Crippen molar-refractivity contribution < 1.29 is 28.2 Å². The molecule has 0 bridgehead atoms. The molecule has 0 aromatic heterocycles. The number of hydrogen-bond acceptors (Lipinski definition) is 5. The molecule has 28 heavy (non-hydrogen) atoms. The van der Waals surface area contributed by atoms with Gasteiger partial charge in [0.2, 0.25) is 0 Å². The molecule has 0 saturated heterocycles. The Kier molecular flexibility index (Phi) is 7.78. The van der Waals surface area contributed by atoms with Crippen molar-refractivity contribution in [3.8, 4) is 5.75 Å². The van der Waals surface area contributed by atoms with E-state index in [-0.39, 0.29) is 17.2 Å². The normalized spacial score (nSPS) is 11.6. The topological polar surface area (TPSA) is 73.9 Å². The number of rotatable bonds is 8. The molecule has 6 nitrogen and oxygen atoms in total. The number of amides is 1. The zero-order valence-corrected chi connectivity index (χ0v) is 16.5. The lowest BCUT2D eigenvalue weighted by molar-refractivity contribution is -0.123. The Morgan fingerprint density at radius 3 is 2.61 bits per heavy atom. The number of carbonyl (C=O) groups excluding carboxylic acids is 2. The van der Waals surface area contributed by atoms with Crippen LogP contribution in [0.25, 0.3) is 0 Å². The molecule has 0 fully saturated rings. The molecular weight excluding hydrogens is 389 g/mol. The van der Waals surface area contributed by atoms with Gasteiger partial charge in [0.15, 0.2) is 6.10 Å². The van der Waals surface area contributed by atoms with E-state index in [0.717, 1.165) is 6.07 Å². The first kappa shape index (κ1) is 21.7. The molecule has 1 atom stereocenters. The molecule has 0 aliphatic carbocycles. The zero-order chi connectivity index (χ0) is 20.7. The summed E-state index contributed by atoms with van der Waals surface area (Å²) in [4.78, 5) is 24.6. The summed E-state index contributed by atoms with van der Waals surface area (Å²) in [6.07, 6.45) is -1.08. The van der Waals surface area contributed by atoms with Gasteiger partial charge in [0, 0.05) is 17.9 Å². The fourth-order valence-electron chi connectivity index (χ4n) is 2.33. The maximum absolute atomic E-state index is 13.2. The average molecular weight is 410 g/mol. The van der Waals surface area contributed by atoms with Gasteiger partial charge < -0.3 is 19.5 Å². The van der Waals surface area contributed by atoms with Crippen LogP contribution in [0.15, 0.2) is 36.4 Å². The van der Waals surface area contributed by atoms with E-state index >= 15 is 0 Å². The summed E-state index contributed by atoms with van der Waals surface area (Å²) in [5.41, 5.74) is 1.25. The van der Waals surface area contributed by atoms with Crippen LogP contribution in [0.5, 0.6) is 5.75 Å². The Balaban J connectivity index is 2.04. The maximum Gasteiger partial charge on any atom is 0.338 e. The number of hydrogen-bond donors (Lipinski definition) is 1. The lowest BCUT2D eigenvalue weighted by Gasteiger charge is -2.15. The summed E-state index contributed by atoms with van der Waals surface area (Å²) in [6.45, 7) is 4.09. The zero-order valence-electron chi connectivity index (χ0n) is 15.8. The van der Waals surface area contributed by atoms with E-state index < -0.39 is 23.8 Å². The highest BCUT2D eigenvalue weighted by atomic mass is 35.5. The van der Waals surface area contributed by atoms with Gasteiger partial charge in [0.1, 0.15) is 11.6 Å². The Bertz CT molecular complexity index is 858. The number of ether oxygens (including phenoxy) is 3. The van der Waals surface area contributed by atoms with E-state index in [2.05, 4.69) is 5.32 Å². The quantitative estimate of drug-likeness (QED) is 0.661. The van der Waals surface area contributed by atoms with E-state index in [9.17, 15) is 14.0 Å². The molecule has 1 N–H and O–H groups in total. The molecular formula is C20H21ClFNO5. The van der Waals surface area contributed by atoms with Crippen molar-refractivity contribution in [2.45, 2.75) is 26.6 Å². The van der Waals surface area contributed by atoms with Crippen molar-refractivity contribution in [2.75, 3.05) is 19.0 Å². The van der Waals surface area contributed by atoms with Crippen LogP contribution in [0.2, 0.25) is 5.02 Å². The van der Waals surface area contributed by atoms with Crippen molar-refractivity contribution >= 4 is 29.2 Å². The van der Waals surface area contributed by atoms with Crippen molar-refractivity contribution in [3.05, 3.63) is 58.4 Å². The third-order valence-electron chi connectivity index (χ3n) is 3.82. The largest absolute Gasteiger partial charge is 0.496 e. The Morgan fingerprint density at radius 2 is 1.96 bits per heavy atom. The van der Waals surface area contributed by atoms with Gasteiger partial charge in [-0.05, 0) is 50.2 Å². The third kappa shape index (κ3) is 5.68. The van der Waals surface area contributed by atoms with Gasteiger partial charge in [0.05, 0.1) is 24.3 Å². The van der Waals surface area contributed by atoms with E-state index in [1.165, 1.54) is 26.2 Å². The van der Waals surface area contributed by atoms with Crippen LogP contribution in [0, 0.1) is 5.82 Å².